The fourth-order valence-corrected chi connectivity index (χ4v) is 1.62. The molecule has 2 aromatic carbocycles. The summed E-state index contributed by atoms with van der Waals surface area (Å²) >= 11 is 0. The second-order valence-electron chi connectivity index (χ2n) is 4.08. The molecule has 7 heteroatoms. The maximum absolute atomic E-state index is 11.2. The van der Waals surface area contributed by atoms with E-state index in [0.29, 0.717) is 33.4 Å². The van der Waals surface area contributed by atoms with Gasteiger partial charge in [-0.15, -0.1) is 0 Å². The third-order valence-electron chi connectivity index (χ3n) is 2.72. The van der Waals surface area contributed by atoms with Crippen LogP contribution in [0.25, 0.3) is 0 Å². The molecular weight excluding hydrogens is 272 g/mol. The Hall–Kier alpha value is -2.96. The molecule has 0 unspecified atom stereocenters. The molecule has 0 heterocycles. The van der Waals surface area contributed by atoms with E-state index in [1.807, 2.05) is 0 Å². The van der Waals surface area contributed by atoms with Gasteiger partial charge in [0.1, 0.15) is 5.75 Å². The Morgan fingerprint density at radius 1 is 1.00 bits per heavy atom. The fourth-order valence-electron chi connectivity index (χ4n) is 1.62. The first-order chi connectivity index (χ1) is 10.1. The molecule has 0 saturated carbocycles. The second-order valence-corrected chi connectivity index (χ2v) is 4.08. The van der Waals surface area contributed by atoms with Crippen molar-refractivity contribution < 1.29 is 14.5 Å². The first-order valence-electron chi connectivity index (χ1n) is 6.10. The van der Waals surface area contributed by atoms with Gasteiger partial charge < -0.3 is 10.5 Å². The maximum atomic E-state index is 11.2. The van der Waals surface area contributed by atoms with Crippen molar-refractivity contribution in [1.29, 1.82) is 0 Å². The number of nitrogens with zero attached hydrogens (tertiary/aromatic N) is 3. The van der Waals surface area contributed by atoms with E-state index in [2.05, 4.69) is 15.1 Å². The third kappa shape index (κ3) is 3.53. The Morgan fingerprint density at radius 2 is 1.62 bits per heavy atom. The molecule has 7 nitrogen and oxygen atoms in total. The number of methoxy groups -OCH3 is 1. The molecule has 0 aliphatic carbocycles. The highest BCUT2D eigenvalue weighted by atomic mass is 16.8. The SMILES string of the molecule is COc1cc(N=Nc2ccc([N+](=O)OC)cc2)ccc1N. The van der Waals surface area contributed by atoms with Crippen LogP contribution in [-0.2, 0) is 4.84 Å². The minimum atomic E-state index is 0.380. The lowest BCUT2D eigenvalue weighted by atomic mass is 10.2. The van der Waals surface area contributed by atoms with E-state index in [4.69, 9.17) is 10.5 Å². The molecule has 0 amide bonds. The second kappa shape index (κ2) is 6.47. The van der Waals surface area contributed by atoms with Crippen LogP contribution >= 0.6 is 0 Å². The summed E-state index contributed by atoms with van der Waals surface area (Å²) in [7, 11) is 2.84. The zero-order valence-electron chi connectivity index (χ0n) is 11.7. The Balaban J connectivity index is 2.15. The molecule has 0 saturated heterocycles. The van der Waals surface area contributed by atoms with E-state index in [9.17, 15) is 4.91 Å². The summed E-state index contributed by atoms with van der Waals surface area (Å²) in [6.45, 7) is 0. The molecule has 0 aliphatic heterocycles. The summed E-state index contributed by atoms with van der Waals surface area (Å²) < 4.78 is 5.11. The molecule has 0 spiro atoms. The maximum Gasteiger partial charge on any atom is 0.316 e. The summed E-state index contributed by atoms with van der Waals surface area (Å²) in [5.74, 6) is 0.545. The zero-order valence-corrected chi connectivity index (χ0v) is 11.7. The average Bonchev–Trinajstić information content (AvgIpc) is 2.53. The summed E-state index contributed by atoms with van der Waals surface area (Å²) in [5, 5.41) is 8.16. The highest BCUT2D eigenvalue weighted by molar-refractivity contribution is 5.59. The minimum absolute atomic E-state index is 0.380. The van der Waals surface area contributed by atoms with Crippen molar-refractivity contribution >= 4 is 22.7 Å². The molecule has 2 N–H and O–H groups in total. The number of nitrogen functional groups attached to an aromatic ring is 1. The number of nitrogens with two attached hydrogens (primary N) is 1. The first-order valence-corrected chi connectivity index (χ1v) is 6.10. The van der Waals surface area contributed by atoms with E-state index >= 15 is 0 Å². The third-order valence-corrected chi connectivity index (χ3v) is 2.72. The number of anilines is 1. The summed E-state index contributed by atoms with van der Waals surface area (Å²) in [5.41, 5.74) is 7.87. The Kier molecular flexibility index (Phi) is 4.45. The van der Waals surface area contributed by atoms with Crippen molar-refractivity contribution in [2.45, 2.75) is 0 Å². The van der Waals surface area contributed by atoms with E-state index in [1.165, 1.54) is 14.2 Å². The van der Waals surface area contributed by atoms with Crippen molar-refractivity contribution in [3.05, 3.63) is 47.4 Å². The van der Waals surface area contributed by atoms with Gasteiger partial charge in [0.15, 0.2) is 7.11 Å². The summed E-state index contributed by atoms with van der Waals surface area (Å²) in [6, 6.07) is 11.6. The van der Waals surface area contributed by atoms with Crippen molar-refractivity contribution in [2.24, 2.45) is 10.2 Å². The smallest absolute Gasteiger partial charge is 0.316 e. The molecule has 0 aromatic heterocycles. The van der Waals surface area contributed by atoms with Gasteiger partial charge in [0.05, 0.1) is 29.1 Å². The number of hydrogen-bond donors (Lipinski definition) is 1. The monoisotopic (exact) mass is 287 g/mol. The van der Waals surface area contributed by atoms with Crippen molar-refractivity contribution in [3.63, 3.8) is 0 Å². The van der Waals surface area contributed by atoms with Crippen LogP contribution in [0.15, 0.2) is 52.7 Å². The van der Waals surface area contributed by atoms with Gasteiger partial charge in [-0.05, 0) is 24.3 Å². The van der Waals surface area contributed by atoms with Crippen LogP contribution < -0.4 is 10.5 Å². The predicted octanol–water partition coefficient (Wildman–Crippen LogP) is 3.66. The van der Waals surface area contributed by atoms with Gasteiger partial charge in [0.25, 0.3) is 4.92 Å². The van der Waals surface area contributed by atoms with Crippen LogP contribution in [-0.4, -0.2) is 19.1 Å². The standard InChI is InChI=1S/C14H15N4O3/c1-20-14-9-11(5-8-13(14)15)17-16-10-3-6-12(7-4-10)18(19)21-2/h3-9H,15H2,1-2H3/q+1. The number of hydrogen-bond acceptors (Lipinski definition) is 6. The van der Waals surface area contributed by atoms with Crippen molar-refractivity contribution in [2.75, 3.05) is 20.0 Å². The molecule has 0 fully saturated rings. The zero-order chi connectivity index (χ0) is 15.2. The van der Waals surface area contributed by atoms with Gasteiger partial charge in [-0.1, -0.05) is 0 Å². The summed E-state index contributed by atoms with van der Waals surface area (Å²) in [6.07, 6.45) is 0. The van der Waals surface area contributed by atoms with E-state index in [0.717, 1.165) is 0 Å². The van der Waals surface area contributed by atoms with E-state index in [-0.39, 0.29) is 0 Å². The largest absolute Gasteiger partial charge is 0.495 e. The molecule has 0 radical (unpaired) electrons. The number of azo groups is 1. The molecule has 2 aromatic rings. The number of benzene rings is 2. The van der Waals surface area contributed by atoms with Crippen LogP contribution in [0.3, 0.4) is 0 Å². The fraction of sp³-hybridized carbons (Fsp3) is 0.143. The topological polar surface area (TPSA) is 89.3 Å². The molecular formula is C14H15N4O3+. The lowest BCUT2D eigenvalue weighted by Gasteiger charge is -2.03. The van der Waals surface area contributed by atoms with Gasteiger partial charge in [-0.25, -0.2) is 4.84 Å². The van der Waals surface area contributed by atoms with Gasteiger partial charge >= 0.3 is 5.69 Å². The average molecular weight is 287 g/mol. The van der Waals surface area contributed by atoms with Crippen LogP contribution in [0, 0.1) is 4.91 Å². The quantitative estimate of drug-likeness (QED) is 0.516. The lowest BCUT2D eigenvalue weighted by Crippen LogP contribution is -1.96. The van der Waals surface area contributed by atoms with Crippen LogP contribution in [0.4, 0.5) is 22.7 Å². The molecule has 0 aliphatic rings. The normalized spacial score (nSPS) is 10.6. The Bertz CT molecular complexity index is 668. The highest BCUT2D eigenvalue weighted by Crippen LogP contribution is 2.28. The highest BCUT2D eigenvalue weighted by Gasteiger charge is 2.12. The Labute approximate surface area is 121 Å². The predicted molar refractivity (Wildman–Crippen MR) is 78.3 cm³/mol. The summed E-state index contributed by atoms with van der Waals surface area (Å²) in [4.78, 5) is 16.2. The van der Waals surface area contributed by atoms with Gasteiger partial charge in [-0.3, -0.25) is 0 Å². The van der Waals surface area contributed by atoms with Gasteiger partial charge in [0.2, 0.25) is 0 Å². The van der Waals surface area contributed by atoms with Crippen LogP contribution in [0.2, 0.25) is 0 Å². The minimum Gasteiger partial charge on any atom is -0.495 e. The van der Waals surface area contributed by atoms with Gasteiger partial charge in [0, 0.05) is 18.2 Å². The molecule has 21 heavy (non-hydrogen) atoms. The molecule has 0 atom stereocenters. The van der Waals surface area contributed by atoms with Gasteiger partial charge in [-0.2, -0.15) is 10.2 Å². The number of rotatable bonds is 5. The lowest BCUT2D eigenvalue weighted by molar-refractivity contribution is -0.736. The molecule has 108 valence electrons. The van der Waals surface area contributed by atoms with Crippen LogP contribution in [0.1, 0.15) is 0 Å². The van der Waals surface area contributed by atoms with E-state index in [1.54, 1.807) is 42.5 Å². The van der Waals surface area contributed by atoms with E-state index < -0.39 is 0 Å². The van der Waals surface area contributed by atoms with Crippen molar-refractivity contribution in [1.82, 2.24) is 0 Å². The molecule has 0 bridgehead atoms. The van der Waals surface area contributed by atoms with Crippen LogP contribution in [0.5, 0.6) is 5.75 Å². The Morgan fingerprint density at radius 3 is 2.24 bits per heavy atom. The first kappa shape index (κ1) is 14.4. The molecule has 2 rings (SSSR count). The number of ether oxygens (including phenoxy) is 1. The van der Waals surface area contributed by atoms with Crippen molar-refractivity contribution in [3.8, 4) is 5.75 Å².